The van der Waals surface area contributed by atoms with E-state index in [2.05, 4.69) is 175 Å². The third-order valence-electron chi connectivity index (χ3n) is 10.8. The van der Waals surface area contributed by atoms with Crippen molar-refractivity contribution in [2.45, 2.75) is 87.1 Å². The van der Waals surface area contributed by atoms with Crippen LogP contribution in [0.15, 0.2) is 162 Å². The van der Waals surface area contributed by atoms with E-state index in [1.807, 2.05) is 47.0 Å². The fraction of sp³-hybridized carbons (Fsp3) is 0.261. The molecule has 1 aliphatic carbocycles. The lowest BCUT2D eigenvalue weighted by atomic mass is 10.1. The van der Waals surface area contributed by atoms with Crippen molar-refractivity contribution in [1.29, 1.82) is 0 Å². The highest BCUT2D eigenvalue weighted by atomic mass is 32.2. The van der Waals surface area contributed by atoms with E-state index in [0.717, 1.165) is 11.5 Å². The summed E-state index contributed by atoms with van der Waals surface area (Å²) in [5, 5.41) is 4.78. The predicted octanol–water partition coefficient (Wildman–Crippen LogP) is 12.2. The summed E-state index contributed by atoms with van der Waals surface area (Å²) in [5.74, 6) is 1.90. The lowest BCUT2D eigenvalue weighted by molar-refractivity contribution is 0.478. The second-order valence-electron chi connectivity index (χ2n) is 16.3. The monoisotopic (exact) mass is 816 g/mol. The molecular weight excluding hydrogens is 769 g/mol. The van der Waals surface area contributed by atoms with Crippen LogP contribution in [0, 0.1) is 0 Å². The van der Waals surface area contributed by atoms with Gasteiger partial charge in [0.1, 0.15) is 11.5 Å². The fourth-order valence-electron chi connectivity index (χ4n) is 8.19. The number of benzene rings is 5. The highest BCUT2D eigenvalue weighted by Crippen LogP contribution is 2.66. The van der Waals surface area contributed by atoms with Gasteiger partial charge in [-0.3, -0.25) is 0 Å². The molecule has 0 atom stereocenters. The van der Waals surface area contributed by atoms with Crippen LogP contribution in [-0.2, 0) is 0 Å². The van der Waals surface area contributed by atoms with Crippen molar-refractivity contribution < 1.29 is 8.85 Å². The maximum Gasteiger partial charge on any atom is 0.320 e. The first-order valence-electron chi connectivity index (χ1n) is 19.0. The largest absolute Gasteiger partial charge is 0.533 e. The number of rotatable bonds is 8. The van der Waals surface area contributed by atoms with Crippen molar-refractivity contribution in [3.05, 3.63) is 152 Å². The molecule has 8 heteroatoms. The van der Waals surface area contributed by atoms with E-state index in [1.54, 1.807) is 9.81 Å². The SMILES string of the molecule is CC(C)(C)[Si](Oc1ccc(O[Si](c2ccccc2)(c2ccccc2)C(C)(C)C)c2c1SC(=C1SC3=C(CCCC3)S1)S2)(c1ccccc1)c1ccccc1. The second kappa shape index (κ2) is 15.2. The Bertz CT molecular complexity index is 1960. The van der Waals surface area contributed by atoms with Crippen LogP contribution in [0.1, 0.15) is 67.2 Å². The van der Waals surface area contributed by atoms with E-state index in [-0.39, 0.29) is 10.1 Å². The molecule has 0 saturated heterocycles. The van der Waals surface area contributed by atoms with Gasteiger partial charge in [-0.25, -0.2) is 0 Å². The Hall–Kier alpha value is -2.99. The Morgan fingerprint density at radius 2 is 0.704 bits per heavy atom. The van der Waals surface area contributed by atoms with E-state index in [4.69, 9.17) is 8.85 Å². The maximum atomic E-state index is 7.82. The summed E-state index contributed by atoms with van der Waals surface area (Å²) >= 11 is 7.81. The molecule has 276 valence electrons. The van der Waals surface area contributed by atoms with Gasteiger partial charge in [-0.05, 0) is 68.6 Å². The van der Waals surface area contributed by atoms with E-state index in [9.17, 15) is 0 Å². The molecule has 0 amide bonds. The molecule has 0 fully saturated rings. The first kappa shape index (κ1) is 37.9. The summed E-state index contributed by atoms with van der Waals surface area (Å²) < 4.78 is 18.4. The molecule has 2 nitrogen and oxygen atoms in total. The van der Waals surface area contributed by atoms with Gasteiger partial charge in [0.2, 0.25) is 0 Å². The molecule has 0 N–H and O–H groups in total. The highest BCUT2D eigenvalue weighted by molar-refractivity contribution is 8.32. The fourth-order valence-corrected chi connectivity index (χ4v) is 23.0. The van der Waals surface area contributed by atoms with Crippen LogP contribution < -0.4 is 29.6 Å². The van der Waals surface area contributed by atoms with E-state index < -0.39 is 16.6 Å². The van der Waals surface area contributed by atoms with Gasteiger partial charge in [-0.15, -0.1) is 0 Å². The molecule has 0 saturated carbocycles. The van der Waals surface area contributed by atoms with Crippen molar-refractivity contribution in [3.8, 4) is 11.5 Å². The minimum absolute atomic E-state index is 0.162. The highest BCUT2D eigenvalue weighted by Gasteiger charge is 2.54. The van der Waals surface area contributed by atoms with Gasteiger partial charge >= 0.3 is 16.6 Å². The zero-order valence-electron chi connectivity index (χ0n) is 32.0. The Kier molecular flexibility index (Phi) is 10.6. The van der Waals surface area contributed by atoms with Crippen LogP contribution in [-0.4, -0.2) is 16.6 Å². The molecule has 2 heterocycles. The van der Waals surface area contributed by atoms with E-state index >= 15 is 0 Å². The minimum atomic E-state index is -2.90. The molecule has 3 aliphatic rings. The first-order chi connectivity index (χ1) is 26.0. The van der Waals surface area contributed by atoms with Gasteiger partial charge in [0.15, 0.2) is 0 Å². The summed E-state index contributed by atoms with van der Waals surface area (Å²) in [6, 6.07) is 48.5. The number of thioether (sulfide) groups is 4. The standard InChI is InChI=1S/C46H48O2S4Si2/c1-45(2,3)53(33-21-11-7-12-22-33,34-23-13-8-14-24-34)47-37-31-32-38(42-41(37)51-44(52-42)43-49-39-29-19-20-30-40(39)50-43)48-54(46(4,5)6,35-25-15-9-16-26-35)36-27-17-10-18-28-36/h7-18,21-28,31-32H,19-20,29-30H2,1-6H3. The third kappa shape index (κ3) is 6.79. The molecule has 54 heavy (non-hydrogen) atoms. The number of allylic oxidation sites excluding steroid dienone is 2. The second-order valence-corrected chi connectivity index (χ2v) is 29.5. The quantitative estimate of drug-likeness (QED) is 0.144. The molecule has 0 aromatic heterocycles. The van der Waals surface area contributed by atoms with Crippen LogP contribution in [0.5, 0.6) is 11.5 Å². The summed E-state index contributed by atoms with van der Waals surface area (Å²) in [6.07, 6.45) is 5.00. The van der Waals surface area contributed by atoms with Crippen LogP contribution in [0.3, 0.4) is 0 Å². The molecule has 0 unspecified atom stereocenters. The number of hydrogen-bond donors (Lipinski definition) is 0. The summed E-state index contributed by atoms with van der Waals surface area (Å²) in [4.78, 5) is 5.52. The Balaban J connectivity index is 1.32. The Labute approximate surface area is 341 Å². The van der Waals surface area contributed by atoms with Gasteiger partial charge in [0.25, 0.3) is 0 Å². The van der Waals surface area contributed by atoms with Crippen molar-refractivity contribution in [2.24, 2.45) is 0 Å². The maximum absolute atomic E-state index is 7.82. The summed E-state index contributed by atoms with van der Waals surface area (Å²) in [7, 11) is -5.80. The van der Waals surface area contributed by atoms with Crippen LogP contribution in [0.25, 0.3) is 0 Å². The van der Waals surface area contributed by atoms with Crippen molar-refractivity contribution >= 4 is 84.4 Å². The number of hydrogen-bond acceptors (Lipinski definition) is 6. The predicted molar refractivity (Wildman–Crippen MR) is 242 cm³/mol. The molecule has 5 aromatic carbocycles. The molecule has 0 bridgehead atoms. The topological polar surface area (TPSA) is 18.5 Å². The Morgan fingerprint density at radius 1 is 0.407 bits per heavy atom. The van der Waals surface area contributed by atoms with Crippen molar-refractivity contribution in [3.63, 3.8) is 0 Å². The van der Waals surface area contributed by atoms with Gasteiger partial charge in [0.05, 0.1) is 18.3 Å². The zero-order valence-corrected chi connectivity index (χ0v) is 37.2. The smallest absolute Gasteiger partial charge is 0.320 e. The molecule has 0 radical (unpaired) electrons. The average Bonchev–Trinajstić information content (AvgIpc) is 3.83. The summed E-state index contributed by atoms with van der Waals surface area (Å²) in [5.41, 5.74) is 0. The lowest BCUT2D eigenvalue weighted by Crippen LogP contribution is -2.69. The number of fused-ring (bicyclic) bond motifs is 1. The van der Waals surface area contributed by atoms with Crippen molar-refractivity contribution in [2.75, 3.05) is 0 Å². The van der Waals surface area contributed by atoms with Crippen LogP contribution >= 0.6 is 47.0 Å². The molecular formula is C46H48O2S4Si2. The normalized spacial score (nSPS) is 16.3. The van der Waals surface area contributed by atoms with Gasteiger partial charge < -0.3 is 8.85 Å². The third-order valence-corrected chi connectivity index (χ3v) is 26.6. The zero-order chi connectivity index (χ0) is 37.6. The van der Waals surface area contributed by atoms with E-state index in [1.165, 1.54) is 64.7 Å². The lowest BCUT2D eigenvalue weighted by Gasteiger charge is -2.44. The summed E-state index contributed by atoms with van der Waals surface area (Å²) in [6.45, 7) is 14.2. The molecule has 5 aromatic rings. The van der Waals surface area contributed by atoms with Gasteiger partial charge in [-0.1, -0.05) is 210 Å². The molecule has 0 spiro atoms. The van der Waals surface area contributed by atoms with Gasteiger partial charge in [0, 0.05) is 9.81 Å². The molecule has 2 aliphatic heterocycles. The van der Waals surface area contributed by atoms with Gasteiger partial charge in [-0.2, -0.15) is 0 Å². The van der Waals surface area contributed by atoms with E-state index in [0.29, 0.717) is 0 Å². The first-order valence-corrected chi connectivity index (χ1v) is 26.0. The van der Waals surface area contributed by atoms with Crippen LogP contribution in [0.2, 0.25) is 10.1 Å². The van der Waals surface area contributed by atoms with Crippen molar-refractivity contribution in [1.82, 2.24) is 0 Å². The molecule has 8 rings (SSSR count). The average molecular weight is 817 g/mol. The Morgan fingerprint density at radius 3 is 1.00 bits per heavy atom. The minimum Gasteiger partial charge on any atom is -0.533 e. The van der Waals surface area contributed by atoms with Crippen LogP contribution in [0.4, 0.5) is 0 Å².